The third-order valence-corrected chi connectivity index (χ3v) is 4.61. The highest BCUT2D eigenvalue weighted by molar-refractivity contribution is 7.12. The van der Waals surface area contributed by atoms with Gasteiger partial charge in [-0.15, -0.1) is 11.3 Å². The molecular formula is C18H22N2O2S. The maximum Gasteiger partial charge on any atom is 0.261 e. The summed E-state index contributed by atoms with van der Waals surface area (Å²) in [5, 5.41) is 7.47. The molecule has 122 valence electrons. The van der Waals surface area contributed by atoms with Gasteiger partial charge >= 0.3 is 0 Å². The van der Waals surface area contributed by atoms with Gasteiger partial charge in [-0.25, -0.2) is 0 Å². The van der Waals surface area contributed by atoms with Crippen LogP contribution >= 0.6 is 11.3 Å². The van der Waals surface area contributed by atoms with Crippen LogP contribution in [0.5, 0.6) is 0 Å². The van der Waals surface area contributed by atoms with Crippen LogP contribution in [0.15, 0.2) is 47.8 Å². The lowest BCUT2D eigenvalue weighted by Gasteiger charge is -2.26. The number of thiophene rings is 1. The van der Waals surface area contributed by atoms with Crippen molar-refractivity contribution in [1.82, 2.24) is 10.6 Å². The van der Waals surface area contributed by atoms with Crippen molar-refractivity contribution < 1.29 is 9.59 Å². The van der Waals surface area contributed by atoms with E-state index >= 15 is 0 Å². The van der Waals surface area contributed by atoms with E-state index in [4.69, 9.17) is 0 Å². The molecule has 0 saturated carbocycles. The normalized spacial score (nSPS) is 12.5. The van der Waals surface area contributed by atoms with Crippen molar-refractivity contribution >= 4 is 23.2 Å². The van der Waals surface area contributed by atoms with Crippen LogP contribution in [0.1, 0.15) is 36.0 Å². The van der Waals surface area contributed by atoms with E-state index in [0.29, 0.717) is 11.4 Å². The predicted octanol–water partition coefficient (Wildman–Crippen LogP) is 2.96. The van der Waals surface area contributed by atoms with Gasteiger partial charge in [-0.05, 0) is 23.9 Å². The van der Waals surface area contributed by atoms with Gasteiger partial charge in [0.1, 0.15) is 6.04 Å². The van der Waals surface area contributed by atoms with E-state index in [0.717, 1.165) is 5.56 Å². The average molecular weight is 330 g/mol. The summed E-state index contributed by atoms with van der Waals surface area (Å²) < 4.78 is 0. The second-order valence-electron chi connectivity index (χ2n) is 6.14. The SMILES string of the molecule is CC(NC(=O)c1cccs1)C(=O)NCC(C)(C)c1ccccc1. The van der Waals surface area contributed by atoms with Crippen LogP contribution in [-0.4, -0.2) is 24.4 Å². The molecule has 0 aliphatic rings. The van der Waals surface area contributed by atoms with E-state index in [9.17, 15) is 9.59 Å². The summed E-state index contributed by atoms with van der Waals surface area (Å²) in [6.45, 7) is 6.36. The lowest BCUT2D eigenvalue weighted by Crippen LogP contribution is -2.47. The second-order valence-corrected chi connectivity index (χ2v) is 7.09. The molecule has 0 saturated heterocycles. The number of carbonyl (C=O) groups is 2. The molecule has 5 heteroatoms. The Morgan fingerprint density at radius 3 is 2.43 bits per heavy atom. The molecule has 0 radical (unpaired) electrons. The van der Waals surface area contributed by atoms with Gasteiger partial charge in [0.05, 0.1) is 4.88 Å². The molecule has 0 aliphatic carbocycles. The van der Waals surface area contributed by atoms with Gasteiger partial charge in [-0.1, -0.05) is 50.2 Å². The summed E-state index contributed by atoms with van der Waals surface area (Å²) in [6, 6.07) is 13.0. The van der Waals surface area contributed by atoms with Crippen molar-refractivity contribution in [1.29, 1.82) is 0 Å². The molecule has 1 unspecified atom stereocenters. The van der Waals surface area contributed by atoms with E-state index < -0.39 is 6.04 Å². The van der Waals surface area contributed by atoms with Crippen molar-refractivity contribution in [2.24, 2.45) is 0 Å². The first kappa shape index (κ1) is 17.2. The Balaban J connectivity index is 1.87. The number of carbonyl (C=O) groups excluding carboxylic acids is 2. The summed E-state index contributed by atoms with van der Waals surface area (Å²) >= 11 is 1.36. The summed E-state index contributed by atoms with van der Waals surface area (Å²) in [6.07, 6.45) is 0. The molecule has 2 rings (SSSR count). The maximum absolute atomic E-state index is 12.2. The van der Waals surface area contributed by atoms with Gasteiger partial charge in [-0.3, -0.25) is 9.59 Å². The minimum absolute atomic E-state index is 0.172. The molecule has 2 aromatic rings. The molecule has 4 nitrogen and oxygen atoms in total. The summed E-state index contributed by atoms with van der Waals surface area (Å²) in [4.78, 5) is 24.8. The zero-order valence-electron chi connectivity index (χ0n) is 13.6. The lowest BCUT2D eigenvalue weighted by atomic mass is 9.84. The Bertz CT molecular complexity index is 651. The Morgan fingerprint density at radius 2 is 1.83 bits per heavy atom. The van der Waals surface area contributed by atoms with E-state index in [1.54, 1.807) is 13.0 Å². The topological polar surface area (TPSA) is 58.2 Å². The van der Waals surface area contributed by atoms with Crippen molar-refractivity contribution in [3.05, 3.63) is 58.3 Å². The molecule has 1 atom stereocenters. The van der Waals surface area contributed by atoms with E-state index in [1.807, 2.05) is 41.8 Å². The molecule has 0 fully saturated rings. The molecule has 0 spiro atoms. The van der Waals surface area contributed by atoms with E-state index in [1.165, 1.54) is 11.3 Å². The van der Waals surface area contributed by atoms with Crippen molar-refractivity contribution in [2.75, 3.05) is 6.54 Å². The Kier molecular flexibility index (Phi) is 5.55. The molecule has 2 amide bonds. The minimum atomic E-state index is -0.573. The highest BCUT2D eigenvalue weighted by atomic mass is 32.1. The Labute approximate surface area is 140 Å². The monoisotopic (exact) mass is 330 g/mol. The zero-order valence-corrected chi connectivity index (χ0v) is 14.4. The largest absolute Gasteiger partial charge is 0.353 e. The molecule has 0 aliphatic heterocycles. The maximum atomic E-state index is 12.2. The summed E-state index contributed by atoms with van der Waals surface area (Å²) in [5.41, 5.74) is 0.990. The number of hydrogen-bond donors (Lipinski definition) is 2. The average Bonchev–Trinajstić information content (AvgIpc) is 3.08. The van der Waals surface area contributed by atoms with Crippen LogP contribution in [0, 0.1) is 0 Å². The van der Waals surface area contributed by atoms with Crippen LogP contribution < -0.4 is 10.6 Å². The highest BCUT2D eigenvalue weighted by Crippen LogP contribution is 2.21. The van der Waals surface area contributed by atoms with Gasteiger partial charge in [0.15, 0.2) is 0 Å². The Hall–Kier alpha value is -2.14. The molecular weight excluding hydrogens is 308 g/mol. The molecule has 1 aromatic carbocycles. The van der Waals surface area contributed by atoms with Gasteiger partial charge in [0.2, 0.25) is 5.91 Å². The summed E-state index contributed by atoms with van der Waals surface area (Å²) in [5.74, 6) is -0.399. The first-order chi connectivity index (χ1) is 10.9. The fraction of sp³-hybridized carbons (Fsp3) is 0.333. The van der Waals surface area contributed by atoms with Gasteiger partial charge < -0.3 is 10.6 Å². The van der Waals surface area contributed by atoms with Gasteiger partial charge in [-0.2, -0.15) is 0 Å². The highest BCUT2D eigenvalue weighted by Gasteiger charge is 2.23. The first-order valence-electron chi connectivity index (χ1n) is 7.58. The third-order valence-electron chi connectivity index (χ3n) is 3.75. The van der Waals surface area contributed by atoms with E-state index in [-0.39, 0.29) is 17.2 Å². The smallest absolute Gasteiger partial charge is 0.261 e. The third kappa shape index (κ3) is 4.66. The number of rotatable bonds is 6. The lowest BCUT2D eigenvalue weighted by molar-refractivity contribution is -0.122. The number of benzene rings is 1. The molecule has 1 aromatic heterocycles. The van der Waals surface area contributed by atoms with Crippen LogP contribution in [0.2, 0.25) is 0 Å². The number of amides is 2. The fourth-order valence-corrected chi connectivity index (χ4v) is 2.82. The van der Waals surface area contributed by atoms with Crippen molar-refractivity contribution in [3.63, 3.8) is 0 Å². The van der Waals surface area contributed by atoms with Gasteiger partial charge in [0.25, 0.3) is 5.91 Å². The molecule has 1 heterocycles. The van der Waals surface area contributed by atoms with Crippen LogP contribution in [0.25, 0.3) is 0 Å². The minimum Gasteiger partial charge on any atom is -0.353 e. The van der Waals surface area contributed by atoms with Crippen molar-refractivity contribution in [2.45, 2.75) is 32.2 Å². The zero-order chi connectivity index (χ0) is 16.9. The van der Waals surface area contributed by atoms with Gasteiger partial charge in [0, 0.05) is 12.0 Å². The van der Waals surface area contributed by atoms with Crippen LogP contribution in [-0.2, 0) is 10.2 Å². The summed E-state index contributed by atoms with van der Waals surface area (Å²) in [7, 11) is 0. The van der Waals surface area contributed by atoms with Crippen LogP contribution in [0.3, 0.4) is 0 Å². The number of nitrogens with one attached hydrogen (secondary N) is 2. The first-order valence-corrected chi connectivity index (χ1v) is 8.46. The predicted molar refractivity (Wildman–Crippen MR) is 93.7 cm³/mol. The Morgan fingerprint density at radius 1 is 1.13 bits per heavy atom. The molecule has 23 heavy (non-hydrogen) atoms. The molecule has 0 bridgehead atoms. The fourth-order valence-electron chi connectivity index (χ4n) is 2.19. The van der Waals surface area contributed by atoms with Crippen LogP contribution in [0.4, 0.5) is 0 Å². The van der Waals surface area contributed by atoms with Crippen molar-refractivity contribution in [3.8, 4) is 0 Å². The molecule has 2 N–H and O–H groups in total. The quantitative estimate of drug-likeness (QED) is 0.855. The van der Waals surface area contributed by atoms with E-state index in [2.05, 4.69) is 24.5 Å². The number of hydrogen-bond acceptors (Lipinski definition) is 3. The second kappa shape index (κ2) is 7.42. The standard InChI is InChI=1S/C18H22N2O2S/c1-13(20-17(22)15-10-7-11-23-15)16(21)19-12-18(2,3)14-8-5-4-6-9-14/h4-11,13H,12H2,1-3H3,(H,19,21)(H,20,22).